The molecule has 0 radical (unpaired) electrons. The van der Waals surface area contributed by atoms with Crippen molar-refractivity contribution in [1.29, 1.82) is 0 Å². The Morgan fingerprint density at radius 1 is 1.28 bits per heavy atom. The summed E-state index contributed by atoms with van der Waals surface area (Å²) in [5.74, 6) is 0.0587. The van der Waals surface area contributed by atoms with Gasteiger partial charge in [-0.3, -0.25) is 0 Å². The molecule has 1 aromatic carbocycles. The lowest BCUT2D eigenvalue weighted by atomic mass is 10.0. The zero-order valence-electron chi connectivity index (χ0n) is 10.3. The fraction of sp³-hybridized carbons (Fsp3) is 0.286. The summed E-state index contributed by atoms with van der Waals surface area (Å²) in [6.07, 6.45) is 0. The van der Waals surface area contributed by atoms with E-state index in [1.54, 1.807) is 23.5 Å². The van der Waals surface area contributed by atoms with Gasteiger partial charge in [-0.05, 0) is 35.6 Å². The molecule has 0 saturated carbocycles. The first-order chi connectivity index (χ1) is 8.58. The molecular weight excluding hydrogens is 269 g/mol. The molecule has 0 aliphatic carbocycles. The molecule has 1 nitrogen and oxygen atoms in total. The fourth-order valence-corrected chi connectivity index (χ4v) is 2.92. The SMILES string of the molecule is CC(C)C(Nc1ccc(Cl)cc1F)c1cccs1. The topological polar surface area (TPSA) is 12.0 Å². The minimum absolute atomic E-state index is 0.112. The summed E-state index contributed by atoms with van der Waals surface area (Å²) in [7, 11) is 0. The lowest BCUT2D eigenvalue weighted by molar-refractivity contribution is 0.546. The molecule has 0 saturated heterocycles. The molecule has 0 bridgehead atoms. The Morgan fingerprint density at radius 2 is 2.06 bits per heavy atom. The Hall–Kier alpha value is -1.06. The molecule has 1 heterocycles. The van der Waals surface area contributed by atoms with Crippen LogP contribution in [0.4, 0.5) is 10.1 Å². The summed E-state index contributed by atoms with van der Waals surface area (Å²) in [5.41, 5.74) is 0.492. The Kier molecular flexibility index (Phi) is 4.25. The van der Waals surface area contributed by atoms with Crippen LogP contribution in [-0.2, 0) is 0 Å². The van der Waals surface area contributed by atoms with Gasteiger partial charge in [-0.25, -0.2) is 4.39 Å². The van der Waals surface area contributed by atoms with Gasteiger partial charge in [0.25, 0.3) is 0 Å². The molecule has 0 aliphatic rings. The maximum absolute atomic E-state index is 13.8. The predicted molar refractivity (Wildman–Crippen MR) is 76.9 cm³/mol. The molecule has 18 heavy (non-hydrogen) atoms. The van der Waals surface area contributed by atoms with Gasteiger partial charge in [-0.1, -0.05) is 31.5 Å². The van der Waals surface area contributed by atoms with Crippen molar-refractivity contribution in [3.05, 3.63) is 51.4 Å². The second-order valence-corrected chi connectivity index (χ2v) is 5.92. The summed E-state index contributed by atoms with van der Waals surface area (Å²) < 4.78 is 13.8. The standard InChI is InChI=1S/C14H15ClFNS/c1-9(2)14(13-4-3-7-18-13)17-12-6-5-10(15)8-11(12)16/h3-9,14,17H,1-2H3. The minimum Gasteiger partial charge on any atom is -0.375 e. The van der Waals surface area contributed by atoms with Crippen molar-refractivity contribution in [3.8, 4) is 0 Å². The van der Waals surface area contributed by atoms with E-state index in [1.807, 2.05) is 11.4 Å². The lowest BCUT2D eigenvalue weighted by Gasteiger charge is -2.22. The fourth-order valence-electron chi connectivity index (χ4n) is 1.81. The number of hydrogen-bond acceptors (Lipinski definition) is 2. The van der Waals surface area contributed by atoms with E-state index >= 15 is 0 Å². The normalized spacial score (nSPS) is 12.7. The highest BCUT2D eigenvalue weighted by molar-refractivity contribution is 7.10. The van der Waals surface area contributed by atoms with E-state index in [-0.39, 0.29) is 11.9 Å². The van der Waals surface area contributed by atoms with E-state index in [9.17, 15) is 4.39 Å². The molecule has 96 valence electrons. The van der Waals surface area contributed by atoms with Gasteiger partial charge >= 0.3 is 0 Å². The van der Waals surface area contributed by atoms with E-state index in [2.05, 4.69) is 25.2 Å². The lowest BCUT2D eigenvalue weighted by Crippen LogP contribution is -2.16. The molecule has 2 aromatic rings. The van der Waals surface area contributed by atoms with E-state index in [4.69, 9.17) is 11.6 Å². The van der Waals surface area contributed by atoms with Crippen molar-refractivity contribution < 1.29 is 4.39 Å². The Bertz CT molecular complexity index is 511. The second-order valence-electron chi connectivity index (χ2n) is 4.51. The number of halogens is 2. The third-order valence-corrected chi connectivity index (χ3v) is 3.95. The first kappa shape index (κ1) is 13.4. The molecule has 4 heteroatoms. The van der Waals surface area contributed by atoms with Gasteiger partial charge in [0.1, 0.15) is 5.82 Å². The third kappa shape index (κ3) is 3.03. The molecule has 0 aliphatic heterocycles. The van der Waals surface area contributed by atoms with Crippen LogP contribution in [0.5, 0.6) is 0 Å². The molecule has 2 rings (SSSR count). The highest BCUT2D eigenvalue weighted by Crippen LogP contribution is 2.31. The summed E-state index contributed by atoms with van der Waals surface area (Å²) in [5, 5.41) is 5.70. The zero-order valence-corrected chi connectivity index (χ0v) is 11.9. The van der Waals surface area contributed by atoms with Crippen molar-refractivity contribution >= 4 is 28.6 Å². The molecule has 1 atom stereocenters. The quantitative estimate of drug-likeness (QED) is 0.797. The largest absolute Gasteiger partial charge is 0.375 e. The van der Waals surface area contributed by atoms with E-state index in [0.29, 0.717) is 16.6 Å². The smallest absolute Gasteiger partial charge is 0.147 e. The van der Waals surface area contributed by atoms with Crippen LogP contribution >= 0.6 is 22.9 Å². The van der Waals surface area contributed by atoms with Crippen LogP contribution in [0.15, 0.2) is 35.7 Å². The van der Waals surface area contributed by atoms with Gasteiger partial charge in [0.05, 0.1) is 11.7 Å². The van der Waals surface area contributed by atoms with Crippen molar-refractivity contribution in [2.24, 2.45) is 5.92 Å². The first-order valence-electron chi connectivity index (χ1n) is 5.83. The molecular formula is C14H15ClFNS. The van der Waals surface area contributed by atoms with Crippen LogP contribution in [0, 0.1) is 11.7 Å². The number of benzene rings is 1. The first-order valence-corrected chi connectivity index (χ1v) is 7.08. The minimum atomic E-state index is -0.315. The van der Waals surface area contributed by atoms with Gasteiger partial charge in [-0.2, -0.15) is 0 Å². The van der Waals surface area contributed by atoms with Crippen LogP contribution in [0.25, 0.3) is 0 Å². The van der Waals surface area contributed by atoms with Crippen molar-refractivity contribution in [3.63, 3.8) is 0 Å². The Morgan fingerprint density at radius 3 is 2.61 bits per heavy atom. The average molecular weight is 284 g/mol. The van der Waals surface area contributed by atoms with Crippen molar-refractivity contribution in [2.45, 2.75) is 19.9 Å². The van der Waals surface area contributed by atoms with E-state index in [1.165, 1.54) is 10.9 Å². The van der Waals surface area contributed by atoms with Crippen molar-refractivity contribution in [2.75, 3.05) is 5.32 Å². The van der Waals surface area contributed by atoms with Crippen LogP contribution in [-0.4, -0.2) is 0 Å². The maximum Gasteiger partial charge on any atom is 0.147 e. The Balaban J connectivity index is 2.24. The van der Waals surface area contributed by atoms with Gasteiger partial charge < -0.3 is 5.32 Å². The Labute approximate surface area is 116 Å². The monoisotopic (exact) mass is 283 g/mol. The van der Waals surface area contributed by atoms with Crippen molar-refractivity contribution in [1.82, 2.24) is 0 Å². The number of thiophene rings is 1. The highest BCUT2D eigenvalue weighted by Gasteiger charge is 2.18. The van der Waals surface area contributed by atoms with Crippen LogP contribution in [0.3, 0.4) is 0 Å². The molecule has 0 fully saturated rings. The summed E-state index contributed by atoms with van der Waals surface area (Å²) in [6.45, 7) is 4.23. The average Bonchev–Trinajstić information content (AvgIpc) is 2.80. The predicted octanol–water partition coefficient (Wildman–Crippen LogP) is 5.35. The summed E-state index contributed by atoms with van der Waals surface area (Å²) in [6, 6.07) is 8.89. The number of rotatable bonds is 4. The summed E-state index contributed by atoms with van der Waals surface area (Å²) >= 11 is 7.43. The molecule has 1 aromatic heterocycles. The third-order valence-electron chi connectivity index (χ3n) is 2.76. The van der Waals surface area contributed by atoms with Gasteiger partial charge in [0, 0.05) is 9.90 Å². The van der Waals surface area contributed by atoms with Crippen LogP contribution in [0.2, 0.25) is 5.02 Å². The molecule has 1 N–H and O–H groups in total. The second kappa shape index (κ2) is 5.72. The van der Waals surface area contributed by atoms with E-state index in [0.717, 1.165) is 0 Å². The number of nitrogens with one attached hydrogen (secondary N) is 1. The summed E-state index contributed by atoms with van der Waals surface area (Å²) in [4.78, 5) is 1.21. The molecule has 0 amide bonds. The van der Waals surface area contributed by atoms with Gasteiger partial charge in [0.2, 0.25) is 0 Å². The van der Waals surface area contributed by atoms with Crippen LogP contribution < -0.4 is 5.32 Å². The van der Waals surface area contributed by atoms with Crippen LogP contribution in [0.1, 0.15) is 24.8 Å². The van der Waals surface area contributed by atoms with Gasteiger partial charge in [0.15, 0.2) is 0 Å². The number of hydrogen-bond donors (Lipinski definition) is 1. The van der Waals surface area contributed by atoms with Gasteiger partial charge in [-0.15, -0.1) is 11.3 Å². The zero-order chi connectivity index (χ0) is 13.1. The highest BCUT2D eigenvalue weighted by atomic mass is 35.5. The van der Waals surface area contributed by atoms with E-state index < -0.39 is 0 Å². The molecule has 1 unspecified atom stereocenters. The molecule has 0 spiro atoms. The number of anilines is 1. The maximum atomic E-state index is 13.8.